The summed E-state index contributed by atoms with van der Waals surface area (Å²) in [5.74, 6) is 1.61. The van der Waals surface area contributed by atoms with Gasteiger partial charge in [0.25, 0.3) is 0 Å². The first-order valence-corrected chi connectivity index (χ1v) is 5.75. The monoisotopic (exact) mass is 234 g/mol. The van der Waals surface area contributed by atoms with Gasteiger partial charge in [0.2, 0.25) is 12.7 Å². The topological polar surface area (TPSA) is 50.8 Å². The summed E-state index contributed by atoms with van der Waals surface area (Å²) in [7, 11) is 0. The zero-order chi connectivity index (χ0) is 11.7. The molecule has 5 nitrogen and oxygen atoms in total. The molecule has 5 heteroatoms. The van der Waals surface area contributed by atoms with Crippen molar-refractivity contribution in [1.82, 2.24) is 5.32 Å². The van der Waals surface area contributed by atoms with Gasteiger partial charge >= 0.3 is 0 Å². The molecule has 0 bridgehead atoms. The number of rotatable bonds is 1. The molecule has 2 heterocycles. The van der Waals surface area contributed by atoms with Crippen molar-refractivity contribution < 1.29 is 14.3 Å². The number of benzene rings is 1. The number of carbonyl (C=O) groups excluding carboxylic acids is 1. The fourth-order valence-corrected chi connectivity index (χ4v) is 2.10. The predicted molar refractivity (Wildman–Crippen MR) is 62.4 cm³/mol. The lowest BCUT2D eigenvalue weighted by Gasteiger charge is -2.20. The molecular formula is C12H14N2O3. The van der Waals surface area contributed by atoms with Crippen LogP contribution in [0.4, 0.5) is 5.69 Å². The Balaban J connectivity index is 1.89. The highest BCUT2D eigenvalue weighted by Gasteiger charge is 2.21. The summed E-state index contributed by atoms with van der Waals surface area (Å²) in [4.78, 5) is 13.7. The van der Waals surface area contributed by atoms with Gasteiger partial charge in [-0.3, -0.25) is 4.79 Å². The Morgan fingerprint density at radius 1 is 1.18 bits per heavy atom. The van der Waals surface area contributed by atoms with Gasteiger partial charge < -0.3 is 19.7 Å². The summed E-state index contributed by atoms with van der Waals surface area (Å²) < 4.78 is 10.6. The van der Waals surface area contributed by atoms with Crippen LogP contribution in [0.25, 0.3) is 0 Å². The van der Waals surface area contributed by atoms with Gasteiger partial charge in [0.15, 0.2) is 11.5 Å². The predicted octanol–water partition coefficient (Wildman–Crippen LogP) is 0.742. The Morgan fingerprint density at radius 3 is 3.00 bits per heavy atom. The smallest absolute Gasteiger partial charge is 0.231 e. The van der Waals surface area contributed by atoms with Gasteiger partial charge in [-0.05, 0) is 12.1 Å². The molecule has 17 heavy (non-hydrogen) atoms. The second-order valence-corrected chi connectivity index (χ2v) is 4.08. The number of hydrogen-bond acceptors (Lipinski definition) is 4. The molecule has 90 valence electrons. The molecule has 2 aliphatic heterocycles. The Kier molecular flexibility index (Phi) is 2.60. The summed E-state index contributed by atoms with van der Waals surface area (Å²) in [6.45, 7) is 2.52. The van der Waals surface area contributed by atoms with Crippen LogP contribution >= 0.6 is 0 Å². The molecule has 1 saturated heterocycles. The standard InChI is InChI=1S/C12H14N2O3/c15-12-3-4-13-5-6-14(12)9-1-2-10-11(7-9)17-8-16-10/h1-2,7,13H,3-6,8H2. The van der Waals surface area contributed by atoms with Crippen LogP contribution in [0.2, 0.25) is 0 Å². The summed E-state index contributed by atoms with van der Waals surface area (Å²) in [5.41, 5.74) is 0.878. The highest BCUT2D eigenvalue weighted by Crippen LogP contribution is 2.35. The fraction of sp³-hybridized carbons (Fsp3) is 0.417. The molecule has 1 fully saturated rings. The number of nitrogens with zero attached hydrogens (tertiary/aromatic N) is 1. The number of anilines is 1. The van der Waals surface area contributed by atoms with Crippen molar-refractivity contribution in [3.05, 3.63) is 18.2 Å². The van der Waals surface area contributed by atoms with Crippen LogP contribution in [0.5, 0.6) is 11.5 Å². The summed E-state index contributed by atoms with van der Waals surface area (Å²) in [5, 5.41) is 3.21. The van der Waals surface area contributed by atoms with Gasteiger partial charge in [-0.2, -0.15) is 0 Å². The van der Waals surface area contributed by atoms with Crippen molar-refractivity contribution in [2.45, 2.75) is 6.42 Å². The van der Waals surface area contributed by atoms with Crippen molar-refractivity contribution in [3.63, 3.8) is 0 Å². The molecule has 1 aromatic carbocycles. The Morgan fingerprint density at radius 2 is 2.06 bits per heavy atom. The van der Waals surface area contributed by atoms with E-state index in [0.29, 0.717) is 18.7 Å². The fourth-order valence-electron chi connectivity index (χ4n) is 2.10. The number of carbonyl (C=O) groups is 1. The van der Waals surface area contributed by atoms with Crippen molar-refractivity contribution in [3.8, 4) is 11.5 Å². The lowest BCUT2D eigenvalue weighted by Crippen LogP contribution is -2.32. The van der Waals surface area contributed by atoms with Gasteiger partial charge in [0.05, 0.1) is 0 Å². The maximum absolute atomic E-state index is 11.9. The van der Waals surface area contributed by atoms with E-state index in [1.807, 2.05) is 18.2 Å². The second-order valence-electron chi connectivity index (χ2n) is 4.08. The average Bonchev–Trinajstić information content (AvgIpc) is 2.70. The quantitative estimate of drug-likeness (QED) is 0.778. The Labute approximate surface area is 99.3 Å². The molecule has 2 aliphatic rings. The molecule has 1 aromatic rings. The first-order chi connectivity index (χ1) is 8.34. The van der Waals surface area contributed by atoms with E-state index < -0.39 is 0 Å². The van der Waals surface area contributed by atoms with Crippen LogP contribution in [0.3, 0.4) is 0 Å². The van der Waals surface area contributed by atoms with Crippen LogP contribution in [-0.2, 0) is 4.79 Å². The zero-order valence-corrected chi connectivity index (χ0v) is 9.44. The summed E-state index contributed by atoms with van der Waals surface area (Å²) >= 11 is 0. The number of fused-ring (bicyclic) bond motifs is 1. The minimum Gasteiger partial charge on any atom is -0.454 e. The molecule has 0 aliphatic carbocycles. The normalized spacial score (nSPS) is 19.3. The van der Waals surface area contributed by atoms with Gasteiger partial charge in [-0.25, -0.2) is 0 Å². The van der Waals surface area contributed by atoms with E-state index in [1.165, 1.54) is 0 Å². The molecule has 0 atom stereocenters. The molecule has 1 N–H and O–H groups in total. The molecule has 0 unspecified atom stereocenters. The SMILES string of the molecule is O=C1CCNCCN1c1ccc2c(c1)OCO2. The highest BCUT2D eigenvalue weighted by atomic mass is 16.7. The van der Waals surface area contributed by atoms with Crippen molar-refractivity contribution in [1.29, 1.82) is 0 Å². The Hall–Kier alpha value is -1.75. The molecule has 0 aromatic heterocycles. The third kappa shape index (κ3) is 1.93. The number of hydrogen-bond donors (Lipinski definition) is 1. The van der Waals surface area contributed by atoms with Gasteiger partial charge in [0.1, 0.15) is 0 Å². The Bertz CT molecular complexity index is 447. The number of amides is 1. The lowest BCUT2D eigenvalue weighted by atomic mass is 10.2. The number of nitrogens with one attached hydrogen (secondary N) is 1. The van der Waals surface area contributed by atoms with Crippen molar-refractivity contribution >= 4 is 11.6 Å². The van der Waals surface area contributed by atoms with E-state index in [9.17, 15) is 4.79 Å². The maximum Gasteiger partial charge on any atom is 0.231 e. The first kappa shape index (κ1) is 10.4. The van der Waals surface area contributed by atoms with Crippen LogP contribution < -0.4 is 19.7 Å². The van der Waals surface area contributed by atoms with E-state index in [2.05, 4.69) is 5.32 Å². The lowest BCUT2D eigenvalue weighted by molar-refractivity contribution is -0.118. The average molecular weight is 234 g/mol. The largest absolute Gasteiger partial charge is 0.454 e. The zero-order valence-electron chi connectivity index (χ0n) is 9.44. The minimum atomic E-state index is 0.147. The second kappa shape index (κ2) is 4.25. The summed E-state index contributed by atoms with van der Waals surface area (Å²) in [6, 6.07) is 5.62. The minimum absolute atomic E-state index is 0.147. The van der Waals surface area contributed by atoms with E-state index in [-0.39, 0.29) is 12.7 Å². The van der Waals surface area contributed by atoms with Crippen molar-refractivity contribution in [2.75, 3.05) is 31.3 Å². The number of ether oxygens (including phenoxy) is 2. The van der Waals surface area contributed by atoms with Crippen LogP contribution in [0, 0.1) is 0 Å². The molecule has 1 amide bonds. The first-order valence-electron chi connectivity index (χ1n) is 5.75. The van der Waals surface area contributed by atoms with E-state index in [4.69, 9.17) is 9.47 Å². The molecule has 0 radical (unpaired) electrons. The van der Waals surface area contributed by atoms with Crippen LogP contribution in [0.1, 0.15) is 6.42 Å². The van der Waals surface area contributed by atoms with Crippen LogP contribution in [0.15, 0.2) is 18.2 Å². The summed E-state index contributed by atoms with van der Waals surface area (Å²) in [6.07, 6.45) is 0.536. The van der Waals surface area contributed by atoms with E-state index in [0.717, 1.165) is 24.5 Å². The van der Waals surface area contributed by atoms with Gasteiger partial charge in [0, 0.05) is 37.8 Å². The van der Waals surface area contributed by atoms with Gasteiger partial charge in [-0.15, -0.1) is 0 Å². The highest BCUT2D eigenvalue weighted by molar-refractivity contribution is 5.94. The molecule has 0 saturated carbocycles. The molecule has 3 rings (SSSR count). The molecular weight excluding hydrogens is 220 g/mol. The van der Waals surface area contributed by atoms with E-state index in [1.54, 1.807) is 4.90 Å². The van der Waals surface area contributed by atoms with Crippen LogP contribution in [-0.4, -0.2) is 32.3 Å². The van der Waals surface area contributed by atoms with Gasteiger partial charge in [-0.1, -0.05) is 0 Å². The van der Waals surface area contributed by atoms with E-state index >= 15 is 0 Å². The maximum atomic E-state index is 11.9. The molecule has 0 spiro atoms. The third-order valence-electron chi connectivity index (χ3n) is 3.00. The third-order valence-corrected chi connectivity index (χ3v) is 3.00. The van der Waals surface area contributed by atoms with Crippen molar-refractivity contribution in [2.24, 2.45) is 0 Å².